The summed E-state index contributed by atoms with van der Waals surface area (Å²) in [4.78, 5) is 0. The first-order valence-corrected chi connectivity index (χ1v) is 7.55. The Bertz CT molecular complexity index is 454. The predicted octanol–water partition coefficient (Wildman–Crippen LogP) is 2.82. The summed E-state index contributed by atoms with van der Waals surface area (Å²) in [6.07, 6.45) is 2.35. The van der Waals surface area contributed by atoms with Crippen LogP contribution in [0, 0.1) is 19.8 Å². The number of aliphatic hydroxyl groups excluding tert-OH is 1. The lowest BCUT2D eigenvalue weighted by atomic mass is 9.94. The van der Waals surface area contributed by atoms with E-state index >= 15 is 0 Å². The van der Waals surface area contributed by atoms with E-state index in [1.165, 1.54) is 18.4 Å². The molecule has 1 aromatic rings. The van der Waals surface area contributed by atoms with Crippen LogP contribution in [0.25, 0.3) is 0 Å². The third kappa shape index (κ3) is 3.53. The van der Waals surface area contributed by atoms with Crippen LogP contribution in [0.5, 0.6) is 5.75 Å². The van der Waals surface area contributed by atoms with E-state index in [9.17, 15) is 5.11 Å². The van der Waals surface area contributed by atoms with Crippen LogP contribution < -0.4 is 10.1 Å². The second-order valence-corrected chi connectivity index (χ2v) is 6.45. The topological polar surface area (TPSA) is 41.5 Å². The van der Waals surface area contributed by atoms with Crippen molar-refractivity contribution in [3.05, 3.63) is 29.3 Å². The quantitative estimate of drug-likeness (QED) is 0.805. The van der Waals surface area contributed by atoms with Gasteiger partial charge in [-0.15, -0.1) is 0 Å². The summed E-state index contributed by atoms with van der Waals surface area (Å²) >= 11 is 0. The highest BCUT2D eigenvalue weighted by Gasteiger charge is 2.45. The molecule has 1 fully saturated rings. The minimum absolute atomic E-state index is 0.126. The highest BCUT2D eigenvalue weighted by molar-refractivity contribution is 5.36. The summed E-state index contributed by atoms with van der Waals surface area (Å²) in [5.74, 6) is 1.45. The lowest BCUT2D eigenvalue weighted by molar-refractivity contribution is 0.0775. The third-order valence-corrected chi connectivity index (χ3v) is 4.05. The lowest BCUT2D eigenvalue weighted by Crippen LogP contribution is -2.57. The number of aliphatic hydroxyl groups is 1. The van der Waals surface area contributed by atoms with E-state index in [0.29, 0.717) is 18.6 Å². The number of nitrogens with one attached hydrogen (secondary N) is 1. The summed E-state index contributed by atoms with van der Waals surface area (Å²) in [5.41, 5.74) is 2.04. The maximum absolute atomic E-state index is 9.90. The Morgan fingerprint density at radius 2 is 2.05 bits per heavy atom. The molecule has 0 radical (unpaired) electrons. The standard InChI is InChI=1S/C17H27NO2/c1-12(2)18-17(10-19,15-7-8-15)11-20-16-9-13(3)5-6-14(16)4/h5-6,9,12,15,18-19H,7-8,10-11H2,1-4H3. The molecule has 1 unspecified atom stereocenters. The van der Waals surface area contributed by atoms with Gasteiger partial charge < -0.3 is 15.2 Å². The van der Waals surface area contributed by atoms with E-state index in [0.717, 1.165) is 11.3 Å². The van der Waals surface area contributed by atoms with E-state index in [-0.39, 0.29) is 12.1 Å². The van der Waals surface area contributed by atoms with Gasteiger partial charge in [-0.2, -0.15) is 0 Å². The molecule has 0 aromatic heterocycles. The highest BCUT2D eigenvalue weighted by Crippen LogP contribution is 2.40. The Hall–Kier alpha value is -1.06. The Morgan fingerprint density at radius 1 is 1.35 bits per heavy atom. The molecule has 0 amide bonds. The molecule has 1 atom stereocenters. The van der Waals surface area contributed by atoms with Crippen LogP contribution in [0.1, 0.15) is 37.8 Å². The molecule has 1 aliphatic rings. The summed E-state index contributed by atoms with van der Waals surface area (Å²) in [7, 11) is 0. The van der Waals surface area contributed by atoms with Gasteiger partial charge in [-0.3, -0.25) is 0 Å². The molecule has 1 saturated carbocycles. The van der Waals surface area contributed by atoms with Crippen molar-refractivity contribution in [3.63, 3.8) is 0 Å². The number of ether oxygens (including phenoxy) is 1. The molecule has 0 saturated heterocycles. The lowest BCUT2D eigenvalue weighted by Gasteiger charge is -2.35. The highest BCUT2D eigenvalue weighted by atomic mass is 16.5. The molecule has 0 heterocycles. The first-order valence-electron chi connectivity index (χ1n) is 7.55. The summed E-state index contributed by atoms with van der Waals surface area (Å²) in [5, 5.41) is 13.4. The first-order chi connectivity index (χ1) is 9.47. The van der Waals surface area contributed by atoms with Gasteiger partial charge in [-0.05, 0) is 49.8 Å². The van der Waals surface area contributed by atoms with Gasteiger partial charge >= 0.3 is 0 Å². The average molecular weight is 277 g/mol. The summed E-state index contributed by atoms with van der Waals surface area (Å²) in [6, 6.07) is 6.58. The van der Waals surface area contributed by atoms with Crippen LogP contribution in [0.2, 0.25) is 0 Å². The van der Waals surface area contributed by atoms with Crippen molar-refractivity contribution >= 4 is 0 Å². The zero-order valence-corrected chi connectivity index (χ0v) is 13.1. The first kappa shape index (κ1) is 15.3. The van der Waals surface area contributed by atoms with Crippen LogP contribution >= 0.6 is 0 Å². The Balaban J connectivity index is 2.10. The van der Waals surface area contributed by atoms with Crippen LogP contribution in [0.15, 0.2) is 18.2 Å². The number of aryl methyl sites for hydroxylation is 2. The third-order valence-electron chi connectivity index (χ3n) is 4.05. The van der Waals surface area contributed by atoms with Gasteiger partial charge in [0.15, 0.2) is 0 Å². The van der Waals surface area contributed by atoms with Gasteiger partial charge in [0.2, 0.25) is 0 Å². The van der Waals surface area contributed by atoms with Crippen LogP contribution in [0.3, 0.4) is 0 Å². The number of hydrogen-bond donors (Lipinski definition) is 2. The van der Waals surface area contributed by atoms with Crippen molar-refractivity contribution in [2.75, 3.05) is 13.2 Å². The van der Waals surface area contributed by atoms with E-state index < -0.39 is 0 Å². The fourth-order valence-corrected chi connectivity index (χ4v) is 2.78. The molecule has 3 nitrogen and oxygen atoms in total. The molecule has 2 N–H and O–H groups in total. The van der Waals surface area contributed by atoms with Crippen LogP contribution in [-0.2, 0) is 0 Å². The van der Waals surface area contributed by atoms with Gasteiger partial charge in [0.25, 0.3) is 0 Å². The second-order valence-electron chi connectivity index (χ2n) is 6.45. The number of hydrogen-bond acceptors (Lipinski definition) is 3. The molecular formula is C17H27NO2. The monoisotopic (exact) mass is 277 g/mol. The van der Waals surface area contributed by atoms with Crippen LogP contribution in [-0.4, -0.2) is 29.9 Å². The zero-order chi connectivity index (χ0) is 14.8. The van der Waals surface area contributed by atoms with Gasteiger partial charge in [-0.25, -0.2) is 0 Å². The number of rotatable bonds is 7. The molecule has 3 heteroatoms. The molecule has 0 spiro atoms. The van der Waals surface area contributed by atoms with Gasteiger partial charge in [0, 0.05) is 6.04 Å². The van der Waals surface area contributed by atoms with Crippen molar-refractivity contribution in [1.29, 1.82) is 0 Å². The van der Waals surface area contributed by atoms with E-state index in [2.05, 4.69) is 51.2 Å². The molecule has 2 rings (SSSR count). The maximum atomic E-state index is 9.90. The van der Waals surface area contributed by atoms with Gasteiger partial charge in [0.1, 0.15) is 12.4 Å². The zero-order valence-electron chi connectivity index (χ0n) is 13.1. The minimum atomic E-state index is -0.301. The molecule has 1 aromatic carbocycles. The smallest absolute Gasteiger partial charge is 0.122 e. The Morgan fingerprint density at radius 3 is 2.60 bits per heavy atom. The van der Waals surface area contributed by atoms with Gasteiger partial charge in [0.05, 0.1) is 12.1 Å². The Labute approximate surface area is 122 Å². The van der Waals surface area contributed by atoms with E-state index in [1.807, 2.05) is 0 Å². The molecule has 112 valence electrons. The molecular weight excluding hydrogens is 250 g/mol. The fraction of sp³-hybridized carbons (Fsp3) is 0.647. The van der Waals surface area contributed by atoms with Crippen molar-refractivity contribution < 1.29 is 9.84 Å². The van der Waals surface area contributed by atoms with E-state index in [4.69, 9.17) is 4.74 Å². The average Bonchev–Trinajstić information content (AvgIpc) is 3.22. The normalized spacial score (nSPS) is 18.1. The molecule has 0 aliphatic heterocycles. The van der Waals surface area contributed by atoms with Gasteiger partial charge in [-0.1, -0.05) is 26.0 Å². The van der Waals surface area contributed by atoms with Crippen molar-refractivity contribution in [1.82, 2.24) is 5.32 Å². The molecule has 1 aliphatic carbocycles. The largest absolute Gasteiger partial charge is 0.491 e. The molecule has 0 bridgehead atoms. The molecule has 20 heavy (non-hydrogen) atoms. The van der Waals surface area contributed by atoms with Crippen molar-refractivity contribution in [2.24, 2.45) is 5.92 Å². The van der Waals surface area contributed by atoms with Crippen LogP contribution in [0.4, 0.5) is 0 Å². The Kier molecular flexibility index (Phi) is 4.71. The summed E-state index contributed by atoms with van der Waals surface area (Å²) < 4.78 is 6.05. The fourth-order valence-electron chi connectivity index (χ4n) is 2.78. The van der Waals surface area contributed by atoms with Crippen molar-refractivity contribution in [2.45, 2.75) is 52.1 Å². The number of benzene rings is 1. The SMILES string of the molecule is Cc1ccc(C)c(OCC(CO)(NC(C)C)C2CC2)c1. The minimum Gasteiger partial charge on any atom is -0.491 e. The van der Waals surface area contributed by atoms with E-state index in [1.54, 1.807) is 0 Å². The summed E-state index contributed by atoms with van der Waals surface area (Å²) in [6.45, 7) is 9.01. The second kappa shape index (κ2) is 6.15. The van der Waals surface area contributed by atoms with Crippen molar-refractivity contribution in [3.8, 4) is 5.75 Å². The maximum Gasteiger partial charge on any atom is 0.122 e. The predicted molar refractivity (Wildman–Crippen MR) is 82.2 cm³/mol.